The van der Waals surface area contributed by atoms with Crippen molar-refractivity contribution in [2.24, 2.45) is 0 Å². The van der Waals surface area contributed by atoms with E-state index in [4.69, 9.17) is 4.42 Å². The quantitative estimate of drug-likeness (QED) is 0.578. The number of benzene rings is 1. The number of fused-ring (bicyclic) bond motifs is 1. The van der Waals surface area contributed by atoms with Gasteiger partial charge in [-0.1, -0.05) is 6.92 Å². The molecule has 0 unspecified atom stereocenters. The van der Waals surface area contributed by atoms with Crippen molar-refractivity contribution in [1.82, 2.24) is 4.98 Å². The zero-order valence-corrected chi connectivity index (χ0v) is 12.5. The Bertz CT molecular complexity index is 776. The topological polar surface area (TPSA) is 26.0 Å². The van der Waals surface area contributed by atoms with Crippen molar-refractivity contribution in [3.8, 4) is 10.8 Å². The zero-order chi connectivity index (χ0) is 15.0. The van der Waals surface area contributed by atoms with Gasteiger partial charge in [0, 0.05) is 4.90 Å². The van der Waals surface area contributed by atoms with E-state index in [1.165, 1.54) is 17.4 Å². The van der Waals surface area contributed by atoms with Crippen LogP contribution in [-0.2, 0) is 6.18 Å². The molecule has 21 heavy (non-hydrogen) atoms. The van der Waals surface area contributed by atoms with Crippen LogP contribution in [0.1, 0.15) is 12.5 Å². The summed E-state index contributed by atoms with van der Waals surface area (Å²) in [6.45, 7) is 2.04. The summed E-state index contributed by atoms with van der Waals surface area (Å²) in [5.74, 6) is 1.28. The lowest BCUT2D eigenvalue weighted by Gasteiger charge is -2.04. The molecule has 110 valence electrons. The van der Waals surface area contributed by atoms with Crippen LogP contribution in [0.3, 0.4) is 0 Å². The summed E-state index contributed by atoms with van der Waals surface area (Å²) in [4.78, 5) is 6.09. The molecule has 3 aromatic rings. The Hall–Kier alpha value is -1.47. The molecule has 0 saturated carbocycles. The van der Waals surface area contributed by atoms with E-state index in [0.717, 1.165) is 27.7 Å². The number of nitrogens with zero attached hydrogens (tertiary/aromatic N) is 1. The van der Waals surface area contributed by atoms with Crippen LogP contribution in [0.5, 0.6) is 0 Å². The molecule has 3 rings (SSSR count). The molecule has 2 aromatic heterocycles. The molecule has 7 heteroatoms. The average molecular weight is 329 g/mol. The summed E-state index contributed by atoms with van der Waals surface area (Å²) < 4.78 is 43.7. The number of aromatic nitrogens is 1. The predicted octanol–water partition coefficient (Wildman–Crippen LogP) is 5.69. The van der Waals surface area contributed by atoms with Crippen LogP contribution >= 0.6 is 23.1 Å². The lowest BCUT2D eigenvalue weighted by Crippen LogP contribution is -2.03. The Morgan fingerprint density at radius 1 is 1.29 bits per heavy atom. The summed E-state index contributed by atoms with van der Waals surface area (Å²) in [5.41, 5.74) is -0.135. The van der Waals surface area contributed by atoms with Gasteiger partial charge < -0.3 is 4.42 Å². The first-order chi connectivity index (χ1) is 9.99. The van der Waals surface area contributed by atoms with E-state index in [-0.39, 0.29) is 5.52 Å². The first-order valence-electron chi connectivity index (χ1n) is 6.17. The van der Waals surface area contributed by atoms with E-state index in [9.17, 15) is 13.2 Å². The van der Waals surface area contributed by atoms with Gasteiger partial charge in [0.25, 0.3) is 0 Å². The fourth-order valence-corrected chi connectivity index (χ4v) is 3.74. The highest BCUT2D eigenvalue weighted by Gasteiger charge is 2.31. The minimum absolute atomic E-state index is 0.223. The molecule has 2 nitrogen and oxygen atoms in total. The van der Waals surface area contributed by atoms with Gasteiger partial charge in [0.15, 0.2) is 5.58 Å². The molecule has 0 spiro atoms. The SMILES string of the molecule is CCSc1ccsc1-c1nc2cc(C(F)(F)F)ccc2o1. The molecular weight excluding hydrogens is 319 g/mol. The minimum Gasteiger partial charge on any atom is -0.435 e. The highest BCUT2D eigenvalue weighted by Crippen LogP contribution is 2.38. The van der Waals surface area contributed by atoms with E-state index >= 15 is 0 Å². The molecule has 2 heterocycles. The first-order valence-corrected chi connectivity index (χ1v) is 8.04. The second-order valence-electron chi connectivity index (χ2n) is 4.25. The molecular formula is C14H10F3NOS2. The smallest absolute Gasteiger partial charge is 0.416 e. The Morgan fingerprint density at radius 2 is 2.10 bits per heavy atom. The highest BCUT2D eigenvalue weighted by molar-refractivity contribution is 7.99. The zero-order valence-electron chi connectivity index (χ0n) is 10.9. The number of halogens is 3. The monoisotopic (exact) mass is 329 g/mol. The summed E-state index contributed by atoms with van der Waals surface area (Å²) in [6, 6.07) is 5.30. The van der Waals surface area contributed by atoms with Crippen LogP contribution < -0.4 is 0 Å². The molecule has 0 fully saturated rings. The van der Waals surface area contributed by atoms with Crippen molar-refractivity contribution in [3.63, 3.8) is 0 Å². The van der Waals surface area contributed by atoms with E-state index in [2.05, 4.69) is 4.98 Å². The number of rotatable bonds is 3. The second kappa shape index (κ2) is 5.38. The van der Waals surface area contributed by atoms with E-state index in [0.29, 0.717) is 11.5 Å². The van der Waals surface area contributed by atoms with Gasteiger partial charge in [0.05, 0.1) is 5.56 Å². The summed E-state index contributed by atoms with van der Waals surface area (Å²) in [5, 5.41) is 1.92. The van der Waals surface area contributed by atoms with Gasteiger partial charge >= 0.3 is 6.18 Å². The fraction of sp³-hybridized carbons (Fsp3) is 0.214. The lowest BCUT2D eigenvalue weighted by atomic mass is 10.2. The van der Waals surface area contributed by atoms with Crippen molar-refractivity contribution in [1.29, 1.82) is 0 Å². The highest BCUT2D eigenvalue weighted by atomic mass is 32.2. The molecule has 0 aliphatic heterocycles. The van der Waals surface area contributed by atoms with Crippen molar-refractivity contribution < 1.29 is 17.6 Å². The van der Waals surface area contributed by atoms with E-state index in [1.54, 1.807) is 11.8 Å². The number of hydrogen-bond donors (Lipinski definition) is 0. The Kier molecular flexibility index (Phi) is 3.71. The number of alkyl halides is 3. The van der Waals surface area contributed by atoms with Gasteiger partial charge in [-0.3, -0.25) is 0 Å². The van der Waals surface area contributed by atoms with E-state index in [1.807, 2.05) is 18.4 Å². The number of hydrogen-bond acceptors (Lipinski definition) is 4. The molecule has 0 aliphatic carbocycles. The van der Waals surface area contributed by atoms with Crippen LogP contribution in [0, 0.1) is 0 Å². The van der Waals surface area contributed by atoms with Crippen LogP contribution in [-0.4, -0.2) is 10.7 Å². The van der Waals surface area contributed by atoms with Gasteiger partial charge in [-0.15, -0.1) is 23.1 Å². The van der Waals surface area contributed by atoms with Crippen LogP contribution in [0.25, 0.3) is 21.9 Å². The largest absolute Gasteiger partial charge is 0.435 e. The molecule has 0 saturated heterocycles. The standard InChI is InChI=1S/C14H10F3NOS2/c1-2-20-11-5-6-21-12(11)13-18-9-7-8(14(15,16)17)3-4-10(9)19-13/h3-7H,2H2,1H3. The molecule has 0 bridgehead atoms. The molecule has 0 amide bonds. The summed E-state index contributed by atoms with van der Waals surface area (Å²) >= 11 is 3.12. The van der Waals surface area contributed by atoms with Crippen molar-refractivity contribution in [3.05, 3.63) is 35.2 Å². The van der Waals surface area contributed by atoms with Crippen molar-refractivity contribution in [2.75, 3.05) is 5.75 Å². The van der Waals surface area contributed by atoms with Gasteiger partial charge in [-0.25, -0.2) is 4.98 Å². The summed E-state index contributed by atoms with van der Waals surface area (Å²) in [6.07, 6.45) is -4.38. The molecule has 0 radical (unpaired) electrons. The second-order valence-corrected chi connectivity index (χ2v) is 6.47. The lowest BCUT2D eigenvalue weighted by molar-refractivity contribution is -0.137. The molecule has 0 atom stereocenters. The van der Waals surface area contributed by atoms with Gasteiger partial charge in [-0.2, -0.15) is 13.2 Å². The third kappa shape index (κ3) is 2.80. The van der Waals surface area contributed by atoms with Crippen LogP contribution in [0.15, 0.2) is 39.0 Å². The molecule has 1 aromatic carbocycles. The Labute approximate surface area is 127 Å². The molecule has 0 N–H and O–H groups in total. The fourth-order valence-electron chi connectivity index (χ4n) is 1.92. The maximum absolute atomic E-state index is 12.7. The third-order valence-corrected chi connectivity index (χ3v) is 4.81. The third-order valence-electron chi connectivity index (χ3n) is 2.84. The van der Waals surface area contributed by atoms with Gasteiger partial charge in [0.2, 0.25) is 5.89 Å². The minimum atomic E-state index is -4.38. The maximum Gasteiger partial charge on any atom is 0.416 e. The Morgan fingerprint density at radius 3 is 2.81 bits per heavy atom. The van der Waals surface area contributed by atoms with Crippen molar-refractivity contribution in [2.45, 2.75) is 18.0 Å². The van der Waals surface area contributed by atoms with Crippen LogP contribution in [0.2, 0.25) is 0 Å². The Balaban J connectivity index is 2.07. The first kappa shape index (κ1) is 14.5. The van der Waals surface area contributed by atoms with Crippen LogP contribution in [0.4, 0.5) is 13.2 Å². The predicted molar refractivity (Wildman–Crippen MR) is 78.7 cm³/mol. The van der Waals surface area contributed by atoms with Gasteiger partial charge in [-0.05, 0) is 35.4 Å². The normalized spacial score (nSPS) is 12.2. The number of oxazole rings is 1. The number of thiophene rings is 1. The maximum atomic E-state index is 12.7. The van der Waals surface area contributed by atoms with E-state index < -0.39 is 11.7 Å². The number of thioether (sulfide) groups is 1. The average Bonchev–Trinajstić information content (AvgIpc) is 3.02. The summed E-state index contributed by atoms with van der Waals surface area (Å²) in [7, 11) is 0. The molecule has 0 aliphatic rings. The van der Waals surface area contributed by atoms with Gasteiger partial charge in [0.1, 0.15) is 10.4 Å². The van der Waals surface area contributed by atoms with Crippen molar-refractivity contribution >= 4 is 34.2 Å².